The van der Waals surface area contributed by atoms with Crippen molar-refractivity contribution in [1.29, 1.82) is 0 Å². The van der Waals surface area contributed by atoms with Crippen LogP contribution in [0.25, 0.3) is 10.6 Å². The maximum Gasteiger partial charge on any atom is 0.213 e. The summed E-state index contributed by atoms with van der Waals surface area (Å²) in [6.07, 6.45) is 3.46. The van der Waals surface area contributed by atoms with Crippen molar-refractivity contribution in [2.45, 2.75) is 6.92 Å². The highest BCUT2D eigenvalue weighted by Gasteiger charge is 2.13. The van der Waals surface area contributed by atoms with Crippen LogP contribution in [0.5, 0.6) is 0 Å². The molecule has 7 nitrogen and oxygen atoms in total. The molecule has 0 fully saturated rings. The first kappa shape index (κ1) is 14.4. The lowest BCUT2D eigenvalue weighted by molar-refractivity contribution is 1.23. The molecule has 3 heterocycles. The number of aromatic nitrogens is 3. The molecule has 3 rings (SSSR count). The SMILES string of the molecule is Cc1nc(N=C(N)N)sc1-c1csc(Nc2ccncc2)n1. The van der Waals surface area contributed by atoms with Crippen LogP contribution in [0.4, 0.5) is 16.0 Å². The van der Waals surface area contributed by atoms with Crippen molar-refractivity contribution in [3.63, 3.8) is 0 Å². The van der Waals surface area contributed by atoms with Gasteiger partial charge < -0.3 is 16.8 Å². The summed E-state index contributed by atoms with van der Waals surface area (Å²) in [7, 11) is 0. The van der Waals surface area contributed by atoms with Gasteiger partial charge >= 0.3 is 0 Å². The molecule has 3 aromatic heterocycles. The number of aliphatic imine (C=N–C) groups is 1. The number of aryl methyl sites for hydroxylation is 1. The smallest absolute Gasteiger partial charge is 0.213 e. The molecule has 0 spiro atoms. The first-order chi connectivity index (χ1) is 10.6. The molecule has 0 saturated heterocycles. The molecule has 0 saturated carbocycles. The van der Waals surface area contributed by atoms with E-state index in [1.54, 1.807) is 12.4 Å². The highest BCUT2D eigenvalue weighted by molar-refractivity contribution is 7.19. The Morgan fingerprint density at radius 2 is 2.00 bits per heavy atom. The van der Waals surface area contributed by atoms with Crippen LogP contribution in [0.2, 0.25) is 0 Å². The van der Waals surface area contributed by atoms with Crippen LogP contribution in [0, 0.1) is 6.92 Å². The van der Waals surface area contributed by atoms with Gasteiger partial charge in [0.15, 0.2) is 11.1 Å². The molecule has 0 atom stereocenters. The molecule has 3 aromatic rings. The molecule has 0 unspecified atom stereocenters. The third kappa shape index (κ3) is 3.21. The van der Waals surface area contributed by atoms with Crippen LogP contribution in [-0.4, -0.2) is 20.9 Å². The van der Waals surface area contributed by atoms with Crippen molar-refractivity contribution >= 4 is 44.6 Å². The quantitative estimate of drug-likeness (QED) is 0.500. The Bertz CT molecular complexity index is 803. The highest BCUT2D eigenvalue weighted by atomic mass is 32.1. The lowest BCUT2D eigenvalue weighted by Crippen LogP contribution is -2.21. The van der Waals surface area contributed by atoms with Crippen molar-refractivity contribution in [2.24, 2.45) is 16.5 Å². The Morgan fingerprint density at radius 1 is 1.23 bits per heavy atom. The number of nitrogens with zero attached hydrogens (tertiary/aromatic N) is 4. The molecule has 22 heavy (non-hydrogen) atoms. The lowest BCUT2D eigenvalue weighted by Gasteiger charge is -2.00. The fraction of sp³-hybridized carbons (Fsp3) is 0.0769. The average molecular weight is 331 g/mol. The zero-order chi connectivity index (χ0) is 15.5. The number of hydrogen-bond acceptors (Lipinski definition) is 7. The molecule has 5 N–H and O–H groups in total. The maximum absolute atomic E-state index is 5.38. The van der Waals surface area contributed by atoms with Crippen LogP contribution in [0.1, 0.15) is 5.69 Å². The Hall–Kier alpha value is -2.52. The Morgan fingerprint density at radius 3 is 2.73 bits per heavy atom. The number of anilines is 2. The number of guanidine groups is 1. The molecule has 0 radical (unpaired) electrons. The predicted molar refractivity (Wildman–Crippen MR) is 90.9 cm³/mol. The van der Waals surface area contributed by atoms with E-state index in [1.165, 1.54) is 22.7 Å². The van der Waals surface area contributed by atoms with Gasteiger partial charge in [0.05, 0.1) is 16.3 Å². The molecule has 112 valence electrons. The Labute approximate surface area is 134 Å². The minimum Gasteiger partial charge on any atom is -0.370 e. The molecular weight excluding hydrogens is 318 g/mol. The van der Waals surface area contributed by atoms with E-state index in [-0.39, 0.29) is 5.96 Å². The van der Waals surface area contributed by atoms with Crippen molar-refractivity contribution in [1.82, 2.24) is 15.0 Å². The van der Waals surface area contributed by atoms with Crippen LogP contribution < -0.4 is 16.8 Å². The number of rotatable bonds is 4. The van der Waals surface area contributed by atoms with E-state index in [0.717, 1.165) is 27.1 Å². The zero-order valence-electron chi connectivity index (χ0n) is 11.6. The zero-order valence-corrected chi connectivity index (χ0v) is 13.3. The molecule has 0 bridgehead atoms. The van der Waals surface area contributed by atoms with Crippen LogP contribution in [0.15, 0.2) is 34.9 Å². The van der Waals surface area contributed by atoms with Gasteiger partial charge in [0.2, 0.25) is 5.13 Å². The Kier molecular flexibility index (Phi) is 3.98. The van der Waals surface area contributed by atoms with Gasteiger partial charge in [-0.05, 0) is 19.1 Å². The molecule has 9 heteroatoms. The topological polar surface area (TPSA) is 115 Å². The number of thiazole rings is 2. The van der Waals surface area contributed by atoms with Gasteiger partial charge in [0, 0.05) is 23.5 Å². The first-order valence-electron chi connectivity index (χ1n) is 6.32. The number of hydrogen-bond donors (Lipinski definition) is 3. The van der Waals surface area contributed by atoms with E-state index < -0.39 is 0 Å². The highest BCUT2D eigenvalue weighted by Crippen LogP contribution is 2.36. The number of nitrogens with one attached hydrogen (secondary N) is 1. The van der Waals surface area contributed by atoms with Gasteiger partial charge in [-0.15, -0.1) is 11.3 Å². The van der Waals surface area contributed by atoms with Gasteiger partial charge in [-0.3, -0.25) is 4.98 Å². The minimum absolute atomic E-state index is 0.00128. The van der Waals surface area contributed by atoms with Gasteiger partial charge in [0.25, 0.3) is 0 Å². The molecule has 0 aliphatic heterocycles. The van der Waals surface area contributed by atoms with Crippen LogP contribution in [0.3, 0.4) is 0 Å². The van der Waals surface area contributed by atoms with Gasteiger partial charge in [-0.1, -0.05) is 11.3 Å². The van der Waals surface area contributed by atoms with Crippen LogP contribution >= 0.6 is 22.7 Å². The van der Waals surface area contributed by atoms with E-state index in [2.05, 4.69) is 25.3 Å². The molecule has 0 aromatic carbocycles. The van der Waals surface area contributed by atoms with E-state index in [4.69, 9.17) is 11.5 Å². The maximum atomic E-state index is 5.38. The minimum atomic E-state index is -0.00128. The van der Waals surface area contributed by atoms with Crippen molar-refractivity contribution in [3.05, 3.63) is 35.6 Å². The predicted octanol–water partition coefficient (Wildman–Crippen LogP) is 2.62. The molecule has 0 aliphatic rings. The number of nitrogens with two attached hydrogens (primary N) is 2. The van der Waals surface area contributed by atoms with E-state index in [0.29, 0.717) is 5.13 Å². The summed E-state index contributed by atoms with van der Waals surface area (Å²) in [5, 5.41) is 6.55. The molecule has 0 amide bonds. The van der Waals surface area contributed by atoms with Crippen molar-refractivity contribution in [2.75, 3.05) is 5.32 Å². The summed E-state index contributed by atoms with van der Waals surface area (Å²) in [5.74, 6) is -0.00128. The monoisotopic (exact) mass is 331 g/mol. The van der Waals surface area contributed by atoms with E-state index in [9.17, 15) is 0 Å². The third-order valence-electron chi connectivity index (χ3n) is 2.68. The summed E-state index contributed by atoms with van der Waals surface area (Å²) in [6.45, 7) is 1.91. The second-order valence-corrected chi connectivity index (χ2v) is 6.18. The third-order valence-corrected chi connectivity index (χ3v) is 4.51. The normalized spacial score (nSPS) is 10.4. The van der Waals surface area contributed by atoms with Crippen molar-refractivity contribution < 1.29 is 0 Å². The summed E-state index contributed by atoms with van der Waals surface area (Å²) < 4.78 is 0. The van der Waals surface area contributed by atoms with Gasteiger partial charge in [-0.2, -0.15) is 4.99 Å². The fourth-order valence-electron chi connectivity index (χ4n) is 1.77. The number of pyridine rings is 1. The van der Waals surface area contributed by atoms with E-state index >= 15 is 0 Å². The largest absolute Gasteiger partial charge is 0.370 e. The summed E-state index contributed by atoms with van der Waals surface area (Å²) >= 11 is 2.93. The lowest BCUT2D eigenvalue weighted by atomic mass is 10.3. The summed E-state index contributed by atoms with van der Waals surface area (Å²) in [6, 6.07) is 3.77. The second kappa shape index (κ2) is 6.08. The Balaban J connectivity index is 1.85. The average Bonchev–Trinajstić information content (AvgIpc) is 3.06. The standard InChI is InChI=1S/C13H13N7S2/c1-7-10(22-13(17-7)20-11(14)15)9-6-21-12(19-9)18-8-2-4-16-5-3-8/h2-6H,1H3,(H,16,18,19)(H4,14,15,17,20). The van der Waals surface area contributed by atoms with Gasteiger partial charge in [0.1, 0.15) is 0 Å². The van der Waals surface area contributed by atoms with Gasteiger partial charge in [-0.25, -0.2) is 9.97 Å². The summed E-state index contributed by atoms with van der Waals surface area (Å²) in [4.78, 5) is 17.8. The van der Waals surface area contributed by atoms with Crippen LogP contribution in [-0.2, 0) is 0 Å². The van der Waals surface area contributed by atoms with Crippen molar-refractivity contribution in [3.8, 4) is 10.6 Å². The fourth-order valence-corrected chi connectivity index (χ4v) is 3.49. The second-order valence-electron chi connectivity index (χ2n) is 4.35. The molecule has 0 aliphatic carbocycles. The molecular formula is C13H13N7S2. The van der Waals surface area contributed by atoms with E-state index in [1.807, 2.05) is 24.4 Å². The summed E-state index contributed by atoms with van der Waals surface area (Å²) in [5.41, 5.74) is 13.4. The first-order valence-corrected chi connectivity index (χ1v) is 8.01.